The molecule has 15 heavy (non-hydrogen) atoms. The minimum absolute atomic E-state index is 0.885. The average molecular weight is 200 g/mol. The van der Waals surface area contributed by atoms with Crippen LogP contribution in [0.3, 0.4) is 0 Å². The Morgan fingerprint density at radius 3 is 2.93 bits per heavy atom. The molecule has 0 N–H and O–H groups in total. The average Bonchev–Trinajstić information content (AvgIpc) is 2.77. The van der Waals surface area contributed by atoms with Crippen molar-refractivity contribution >= 4 is 22.0 Å². The van der Waals surface area contributed by atoms with Gasteiger partial charge in [-0.05, 0) is 19.9 Å². The maximum atomic E-state index is 5.37. The van der Waals surface area contributed by atoms with Gasteiger partial charge in [-0.25, -0.2) is 0 Å². The molecule has 0 spiro atoms. The molecule has 3 aromatic rings. The summed E-state index contributed by atoms with van der Waals surface area (Å²) in [6.07, 6.45) is 0. The summed E-state index contributed by atoms with van der Waals surface area (Å²) in [5, 5.41) is 6.39. The van der Waals surface area contributed by atoms with Gasteiger partial charge in [0.1, 0.15) is 0 Å². The number of benzene rings is 1. The molecule has 0 unspecified atom stereocenters. The van der Waals surface area contributed by atoms with Crippen LogP contribution in [-0.2, 0) is 6.54 Å². The van der Waals surface area contributed by atoms with Crippen molar-refractivity contribution in [2.45, 2.75) is 20.4 Å². The second-order valence-corrected chi connectivity index (χ2v) is 3.71. The molecule has 3 heteroatoms. The Hall–Kier alpha value is -1.77. The first kappa shape index (κ1) is 8.53. The van der Waals surface area contributed by atoms with Gasteiger partial charge < -0.3 is 9.09 Å². The van der Waals surface area contributed by atoms with Crippen molar-refractivity contribution in [1.82, 2.24) is 9.72 Å². The minimum atomic E-state index is 0.885. The molecule has 1 aromatic carbocycles. The van der Waals surface area contributed by atoms with E-state index < -0.39 is 0 Å². The van der Waals surface area contributed by atoms with Gasteiger partial charge in [-0.3, -0.25) is 0 Å². The SMILES string of the molecule is CCn1c2ccccc2c2c(C)noc21. The van der Waals surface area contributed by atoms with Crippen LogP contribution in [0, 0.1) is 6.92 Å². The highest BCUT2D eigenvalue weighted by atomic mass is 16.5. The molecule has 3 nitrogen and oxygen atoms in total. The molecule has 0 saturated heterocycles. The number of para-hydroxylation sites is 1. The molecular weight excluding hydrogens is 188 g/mol. The molecule has 2 aromatic heterocycles. The molecule has 0 aliphatic carbocycles. The third-order valence-corrected chi connectivity index (χ3v) is 2.87. The van der Waals surface area contributed by atoms with E-state index in [-0.39, 0.29) is 0 Å². The van der Waals surface area contributed by atoms with Gasteiger partial charge >= 0.3 is 0 Å². The van der Waals surface area contributed by atoms with Crippen LogP contribution in [0.2, 0.25) is 0 Å². The van der Waals surface area contributed by atoms with Crippen LogP contribution in [0.15, 0.2) is 28.8 Å². The fourth-order valence-corrected chi connectivity index (χ4v) is 2.20. The highest BCUT2D eigenvalue weighted by molar-refractivity contribution is 6.07. The lowest BCUT2D eigenvalue weighted by Gasteiger charge is -1.98. The second kappa shape index (κ2) is 2.86. The zero-order valence-corrected chi connectivity index (χ0v) is 8.82. The Bertz CT molecular complexity index is 633. The predicted molar refractivity (Wildman–Crippen MR) is 59.9 cm³/mol. The van der Waals surface area contributed by atoms with Gasteiger partial charge in [0.2, 0.25) is 5.71 Å². The van der Waals surface area contributed by atoms with Crippen LogP contribution in [0.1, 0.15) is 12.6 Å². The van der Waals surface area contributed by atoms with Crippen LogP contribution < -0.4 is 0 Å². The van der Waals surface area contributed by atoms with Crippen LogP contribution in [0.4, 0.5) is 0 Å². The number of fused-ring (bicyclic) bond motifs is 3. The summed E-state index contributed by atoms with van der Waals surface area (Å²) in [6.45, 7) is 5.00. The van der Waals surface area contributed by atoms with Crippen molar-refractivity contribution in [2.24, 2.45) is 0 Å². The molecule has 0 fully saturated rings. The van der Waals surface area contributed by atoms with E-state index in [9.17, 15) is 0 Å². The number of nitrogens with zero attached hydrogens (tertiary/aromatic N) is 2. The summed E-state index contributed by atoms with van der Waals surface area (Å²) in [5.74, 6) is 0. The number of hydrogen-bond acceptors (Lipinski definition) is 2. The Balaban J connectivity index is 2.63. The van der Waals surface area contributed by atoms with E-state index in [1.807, 2.05) is 13.0 Å². The van der Waals surface area contributed by atoms with E-state index in [4.69, 9.17) is 4.52 Å². The smallest absolute Gasteiger partial charge is 0.239 e. The molecule has 2 heterocycles. The second-order valence-electron chi connectivity index (χ2n) is 3.71. The van der Waals surface area contributed by atoms with E-state index in [0.717, 1.165) is 23.3 Å². The summed E-state index contributed by atoms with van der Waals surface area (Å²) >= 11 is 0. The Morgan fingerprint density at radius 2 is 2.13 bits per heavy atom. The number of hydrogen-bond donors (Lipinski definition) is 0. The van der Waals surface area contributed by atoms with Crippen molar-refractivity contribution in [2.75, 3.05) is 0 Å². The molecular formula is C12H12N2O. The molecule has 0 amide bonds. The van der Waals surface area contributed by atoms with E-state index in [1.54, 1.807) is 0 Å². The fourth-order valence-electron chi connectivity index (χ4n) is 2.20. The van der Waals surface area contributed by atoms with Gasteiger partial charge in [0.15, 0.2) is 0 Å². The van der Waals surface area contributed by atoms with Crippen LogP contribution in [0.5, 0.6) is 0 Å². The number of aromatic nitrogens is 2. The van der Waals surface area contributed by atoms with E-state index in [1.165, 1.54) is 10.9 Å². The van der Waals surface area contributed by atoms with E-state index in [0.29, 0.717) is 0 Å². The standard InChI is InChI=1S/C12H12N2O/c1-3-14-10-7-5-4-6-9(10)11-8(2)13-15-12(11)14/h4-7H,3H2,1-2H3. The monoisotopic (exact) mass is 200 g/mol. The summed E-state index contributed by atoms with van der Waals surface area (Å²) in [5.41, 5.74) is 3.07. The first-order chi connectivity index (χ1) is 7.33. The lowest BCUT2D eigenvalue weighted by atomic mass is 10.2. The molecule has 0 radical (unpaired) electrons. The quantitative estimate of drug-likeness (QED) is 0.604. The summed E-state index contributed by atoms with van der Waals surface area (Å²) in [6, 6.07) is 8.34. The van der Waals surface area contributed by atoms with Gasteiger partial charge in [-0.1, -0.05) is 23.4 Å². The highest BCUT2D eigenvalue weighted by Gasteiger charge is 2.15. The molecule has 3 rings (SSSR count). The first-order valence-corrected chi connectivity index (χ1v) is 5.16. The van der Waals surface area contributed by atoms with Gasteiger partial charge in [-0.15, -0.1) is 0 Å². The van der Waals surface area contributed by atoms with E-state index >= 15 is 0 Å². The van der Waals surface area contributed by atoms with Gasteiger partial charge in [-0.2, -0.15) is 0 Å². The fraction of sp³-hybridized carbons (Fsp3) is 0.250. The topological polar surface area (TPSA) is 31.0 Å². The number of rotatable bonds is 1. The van der Waals surface area contributed by atoms with E-state index in [2.05, 4.69) is 34.8 Å². The third kappa shape index (κ3) is 0.975. The number of aryl methyl sites for hydroxylation is 2. The minimum Gasteiger partial charge on any atom is -0.337 e. The third-order valence-electron chi connectivity index (χ3n) is 2.87. The highest BCUT2D eigenvalue weighted by Crippen LogP contribution is 2.30. The first-order valence-electron chi connectivity index (χ1n) is 5.16. The zero-order chi connectivity index (χ0) is 10.4. The van der Waals surface area contributed by atoms with Gasteiger partial charge in [0.25, 0.3) is 0 Å². The molecule has 0 aliphatic rings. The molecule has 0 saturated carbocycles. The summed E-state index contributed by atoms with van der Waals surface area (Å²) in [7, 11) is 0. The van der Waals surface area contributed by atoms with Gasteiger partial charge in [0, 0.05) is 11.9 Å². The molecule has 0 aliphatic heterocycles. The summed E-state index contributed by atoms with van der Waals surface area (Å²) in [4.78, 5) is 0. The molecule has 0 atom stereocenters. The zero-order valence-electron chi connectivity index (χ0n) is 8.82. The van der Waals surface area contributed by atoms with Crippen molar-refractivity contribution in [3.63, 3.8) is 0 Å². The predicted octanol–water partition coefficient (Wildman–Crippen LogP) is 3.11. The van der Waals surface area contributed by atoms with Crippen LogP contribution in [0.25, 0.3) is 22.0 Å². The van der Waals surface area contributed by atoms with Crippen molar-refractivity contribution < 1.29 is 4.52 Å². The lowest BCUT2D eigenvalue weighted by molar-refractivity contribution is 0.431. The Labute approximate surface area is 87.3 Å². The maximum absolute atomic E-state index is 5.37. The van der Waals surface area contributed by atoms with Crippen molar-refractivity contribution in [3.8, 4) is 0 Å². The molecule has 76 valence electrons. The van der Waals surface area contributed by atoms with Gasteiger partial charge in [0.05, 0.1) is 16.6 Å². The lowest BCUT2D eigenvalue weighted by Crippen LogP contribution is -1.91. The van der Waals surface area contributed by atoms with Crippen LogP contribution in [-0.4, -0.2) is 9.72 Å². The Kier molecular flexibility index (Phi) is 1.63. The maximum Gasteiger partial charge on any atom is 0.239 e. The molecule has 0 bridgehead atoms. The summed E-state index contributed by atoms with van der Waals surface area (Å²) < 4.78 is 7.53. The van der Waals surface area contributed by atoms with Crippen molar-refractivity contribution in [1.29, 1.82) is 0 Å². The Morgan fingerprint density at radius 1 is 1.33 bits per heavy atom. The largest absolute Gasteiger partial charge is 0.337 e. The normalized spacial score (nSPS) is 11.6. The van der Waals surface area contributed by atoms with Crippen molar-refractivity contribution in [3.05, 3.63) is 30.0 Å². The van der Waals surface area contributed by atoms with Crippen LogP contribution >= 0.6 is 0 Å².